The Bertz CT molecular complexity index is 722. The van der Waals surface area contributed by atoms with Crippen LogP contribution in [0.15, 0.2) is 22.4 Å². The summed E-state index contributed by atoms with van der Waals surface area (Å²) in [6.07, 6.45) is 0.769. The highest BCUT2D eigenvalue weighted by Gasteiger charge is 2.27. The summed E-state index contributed by atoms with van der Waals surface area (Å²) in [5, 5.41) is 0.682. The zero-order valence-electron chi connectivity index (χ0n) is 11.8. The molecule has 6 heteroatoms. The molecule has 3 nitrogen and oxygen atoms in total. The predicted octanol–water partition coefficient (Wildman–Crippen LogP) is 3.77. The minimum absolute atomic E-state index is 0.327. The highest BCUT2D eigenvalue weighted by molar-refractivity contribution is 7.91. The molecular weight excluding hydrogens is 297 g/mol. The van der Waals surface area contributed by atoms with Crippen LogP contribution in [0, 0.1) is 12.7 Å². The van der Waals surface area contributed by atoms with Crippen molar-refractivity contribution in [3.05, 3.63) is 29.6 Å². The minimum atomic E-state index is -3.49. The third-order valence-electron chi connectivity index (χ3n) is 3.25. The van der Waals surface area contributed by atoms with Gasteiger partial charge in [0.05, 0.1) is 0 Å². The molecule has 0 radical (unpaired) electrons. The van der Waals surface area contributed by atoms with Gasteiger partial charge in [-0.05, 0) is 42.5 Å². The molecular formula is C14H18FNO2S2. The van der Waals surface area contributed by atoms with Crippen molar-refractivity contribution in [3.63, 3.8) is 0 Å². The molecule has 1 aromatic heterocycles. The lowest BCUT2D eigenvalue weighted by Crippen LogP contribution is -2.31. The van der Waals surface area contributed by atoms with Crippen molar-refractivity contribution >= 4 is 31.4 Å². The van der Waals surface area contributed by atoms with Crippen LogP contribution >= 0.6 is 11.3 Å². The molecule has 0 unspecified atom stereocenters. The molecule has 20 heavy (non-hydrogen) atoms. The van der Waals surface area contributed by atoms with E-state index < -0.39 is 10.0 Å². The van der Waals surface area contributed by atoms with Gasteiger partial charge in [-0.2, -0.15) is 4.31 Å². The third kappa shape index (κ3) is 2.60. The Kier molecular flexibility index (Phi) is 4.46. The zero-order valence-corrected chi connectivity index (χ0v) is 13.4. The van der Waals surface area contributed by atoms with Crippen LogP contribution in [-0.4, -0.2) is 25.8 Å². The van der Waals surface area contributed by atoms with Gasteiger partial charge >= 0.3 is 0 Å². The maximum Gasteiger partial charge on any atom is 0.252 e. The van der Waals surface area contributed by atoms with E-state index in [-0.39, 0.29) is 5.82 Å². The molecule has 0 aliphatic rings. The molecule has 0 N–H and O–H groups in total. The first-order valence-corrected chi connectivity index (χ1v) is 8.86. The second-order valence-electron chi connectivity index (χ2n) is 4.65. The molecule has 1 aromatic carbocycles. The van der Waals surface area contributed by atoms with Gasteiger partial charge < -0.3 is 0 Å². The summed E-state index contributed by atoms with van der Waals surface area (Å²) in [7, 11) is -3.49. The molecule has 0 atom stereocenters. The quantitative estimate of drug-likeness (QED) is 0.842. The zero-order chi connectivity index (χ0) is 14.9. The highest BCUT2D eigenvalue weighted by Crippen LogP contribution is 2.36. The molecule has 0 aliphatic carbocycles. The summed E-state index contributed by atoms with van der Waals surface area (Å²) in [4.78, 5) is 0. The smallest absolute Gasteiger partial charge is 0.207 e. The Balaban J connectivity index is 2.60. The van der Waals surface area contributed by atoms with E-state index in [9.17, 15) is 12.8 Å². The fourth-order valence-corrected chi connectivity index (χ4v) is 5.65. The number of hydrogen-bond donors (Lipinski definition) is 0. The van der Waals surface area contributed by atoms with E-state index in [0.717, 1.165) is 11.1 Å². The number of rotatable bonds is 5. The van der Waals surface area contributed by atoms with E-state index in [2.05, 4.69) is 0 Å². The van der Waals surface area contributed by atoms with Crippen LogP contribution in [-0.2, 0) is 10.0 Å². The number of fused-ring (bicyclic) bond motifs is 1. The van der Waals surface area contributed by atoms with Crippen LogP contribution in [0.5, 0.6) is 0 Å². The third-order valence-corrected chi connectivity index (χ3v) is 7.10. The van der Waals surface area contributed by atoms with Crippen molar-refractivity contribution in [2.75, 3.05) is 13.1 Å². The van der Waals surface area contributed by atoms with Crippen LogP contribution < -0.4 is 0 Å². The summed E-state index contributed by atoms with van der Waals surface area (Å²) in [6.45, 7) is 6.46. The van der Waals surface area contributed by atoms with Crippen LogP contribution in [0.25, 0.3) is 10.1 Å². The van der Waals surface area contributed by atoms with E-state index in [1.54, 1.807) is 13.0 Å². The van der Waals surface area contributed by atoms with Crippen LogP contribution in [0.2, 0.25) is 0 Å². The van der Waals surface area contributed by atoms with Gasteiger partial charge in [-0.25, -0.2) is 12.8 Å². The Labute approximate surface area is 123 Å². The van der Waals surface area contributed by atoms with Crippen LogP contribution in [0.1, 0.15) is 25.8 Å². The first-order valence-electron chi connectivity index (χ1n) is 6.60. The number of sulfonamides is 1. The average Bonchev–Trinajstić information content (AvgIpc) is 2.73. The van der Waals surface area contributed by atoms with Crippen LogP contribution in [0.4, 0.5) is 4.39 Å². The molecule has 0 bridgehead atoms. The van der Waals surface area contributed by atoms with Crippen molar-refractivity contribution in [2.45, 2.75) is 31.4 Å². The molecule has 110 valence electrons. The lowest BCUT2D eigenvalue weighted by Gasteiger charge is -2.19. The SMILES string of the molecule is CCCN(CC)S(=O)(=O)c1sc2ccc(F)cc2c1C. The summed E-state index contributed by atoms with van der Waals surface area (Å²) in [5.41, 5.74) is 0.638. The maximum atomic E-state index is 13.3. The molecule has 2 rings (SSSR count). The number of hydrogen-bond acceptors (Lipinski definition) is 3. The summed E-state index contributed by atoms with van der Waals surface area (Å²) in [6, 6.07) is 4.39. The maximum absolute atomic E-state index is 13.3. The lowest BCUT2D eigenvalue weighted by atomic mass is 10.2. The summed E-state index contributed by atoms with van der Waals surface area (Å²) < 4.78 is 41.3. The van der Waals surface area contributed by atoms with Gasteiger partial charge in [0.25, 0.3) is 10.0 Å². The minimum Gasteiger partial charge on any atom is -0.207 e. The molecule has 2 aromatic rings. The topological polar surface area (TPSA) is 37.4 Å². The Hall–Kier alpha value is -0.980. The lowest BCUT2D eigenvalue weighted by molar-refractivity contribution is 0.428. The summed E-state index contributed by atoms with van der Waals surface area (Å²) in [5.74, 6) is -0.344. The number of benzene rings is 1. The normalized spacial score (nSPS) is 12.4. The Morgan fingerprint density at radius 2 is 2.00 bits per heavy atom. The first kappa shape index (κ1) is 15.4. The molecule has 1 heterocycles. The molecule has 0 aliphatic heterocycles. The second kappa shape index (κ2) is 5.79. The van der Waals surface area contributed by atoms with Gasteiger partial charge in [0.2, 0.25) is 0 Å². The second-order valence-corrected chi connectivity index (χ2v) is 7.84. The van der Waals surface area contributed by atoms with E-state index in [1.165, 1.54) is 27.8 Å². The summed E-state index contributed by atoms with van der Waals surface area (Å²) >= 11 is 1.21. The number of thiophene rings is 1. The van der Waals surface area contributed by atoms with Gasteiger partial charge in [-0.3, -0.25) is 0 Å². The van der Waals surface area contributed by atoms with Crippen molar-refractivity contribution in [3.8, 4) is 0 Å². The number of aryl methyl sites for hydroxylation is 1. The van der Waals surface area contributed by atoms with Crippen LogP contribution in [0.3, 0.4) is 0 Å². The van der Waals surface area contributed by atoms with Crippen molar-refractivity contribution in [2.24, 2.45) is 0 Å². The van der Waals surface area contributed by atoms with Crippen molar-refractivity contribution in [1.29, 1.82) is 0 Å². The molecule has 0 amide bonds. The molecule has 0 fully saturated rings. The molecule has 0 saturated carbocycles. The van der Waals surface area contributed by atoms with E-state index in [0.29, 0.717) is 28.2 Å². The average molecular weight is 315 g/mol. The van der Waals surface area contributed by atoms with Gasteiger partial charge in [-0.1, -0.05) is 13.8 Å². The largest absolute Gasteiger partial charge is 0.252 e. The Morgan fingerprint density at radius 1 is 1.30 bits per heavy atom. The van der Waals surface area contributed by atoms with E-state index in [4.69, 9.17) is 0 Å². The first-order chi connectivity index (χ1) is 9.41. The predicted molar refractivity (Wildman–Crippen MR) is 81.2 cm³/mol. The fraction of sp³-hybridized carbons (Fsp3) is 0.429. The number of nitrogens with zero attached hydrogens (tertiary/aromatic N) is 1. The monoisotopic (exact) mass is 315 g/mol. The van der Waals surface area contributed by atoms with Gasteiger partial charge in [0.15, 0.2) is 0 Å². The van der Waals surface area contributed by atoms with Gasteiger partial charge in [0.1, 0.15) is 10.0 Å². The van der Waals surface area contributed by atoms with Gasteiger partial charge in [0, 0.05) is 17.8 Å². The van der Waals surface area contributed by atoms with E-state index >= 15 is 0 Å². The van der Waals surface area contributed by atoms with E-state index in [1.807, 2.05) is 13.8 Å². The Morgan fingerprint density at radius 3 is 2.60 bits per heavy atom. The fourth-order valence-electron chi connectivity index (χ4n) is 2.23. The number of halogens is 1. The molecule has 0 spiro atoms. The van der Waals surface area contributed by atoms with Crippen molar-refractivity contribution < 1.29 is 12.8 Å². The molecule has 0 saturated heterocycles. The standard InChI is InChI=1S/C14H18FNO2S2/c1-4-8-16(5-2)20(17,18)14-10(3)12-9-11(15)6-7-13(12)19-14/h6-7,9H,4-5,8H2,1-3H3. The van der Waals surface area contributed by atoms with Crippen molar-refractivity contribution in [1.82, 2.24) is 4.31 Å². The van der Waals surface area contributed by atoms with Gasteiger partial charge in [-0.15, -0.1) is 11.3 Å². The highest BCUT2D eigenvalue weighted by atomic mass is 32.2.